The van der Waals surface area contributed by atoms with Crippen molar-refractivity contribution in [2.24, 2.45) is 0 Å². The van der Waals surface area contributed by atoms with Crippen molar-refractivity contribution in [1.29, 1.82) is 0 Å². The maximum absolute atomic E-state index is 12.3. The van der Waals surface area contributed by atoms with Crippen LogP contribution in [0.2, 0.25) is 0 Å². The molecule has 0 saturated carbocycles. The van der Waals surface area contributed by atoms with Crippen molar-refractivity contribution in [3.05, 3.63) is 84.9 Å². The van der Waals surface area contributed by atoms with Gasteiger partial charge >= 0.3 is 0 Å². The summed E-state index contributed by atoms with van der Waals surface area (Å²) < 4.78 is 12.5. The Morgan fingerprint density at radius 1 is 0.931 bits per heavy atom. The molecule has 2 aromatic heterocycles. The molecule has 1 N–H and O–H groups in total. The fourth-order valence-electron chi connectivity index (χ4n) is 2.57. The molecule has 0 saturated heterocycles. The molecule has 0 fully saturated rings. The lowest BCUT2D eigenvalue weighted by Gasteiger charge is -2.08. The summed E-state index contributed by atoms with van der Waals surface area (Å²) >= 11 is 0. The van der Waals surface area contributed by atoms with Gasteiger partial charge in [-0.3, -0.25) is 9.36 Å². The van der Waals surface area contributed by atoms with E-state index in [1.165, 1.54) is 0 Å². The summed E-state index contributed by atoms with van der Waals surface area (Å²) in [5.41, 5.74) is 1.19. The normalized spacial score (nSPS) is 10.4. The fourth-order valence-corrected chi connectivity index (χ4v) is 2.57. The van der Waals surface area contributed by atoms with Crippen LogP contribution in [0.25, 0.3) is 5.82 Å². The number of methoxy groups -OCH3 is 1. The van der Waals surface area contributed by atoms with Crippen molar-refractivity contribution < 1.29 is 14.3 Å². The Labute approximate surface area is 166 Å². The molecule has 4 aromatic rings. The third-order valence-corrected chi connectivity index (χ3v) is 4.08. The van der Waals surface area contributed by atoms with Crippen LogP contribution in [-0.4, -0.2) is 32.8 Å². The monoisotopic (exact) mass is 387 g/mol. The van der Waals surface area contributed by atoms with Gasteiger partial charge in [0.15, 0.2) is 5.82 Å². The van der Waals surface area contributed by atoms with E-state index < -0.39 is 0 Å². The van der Waals surface area contributed by atoms with Gasteiger partial charge < -0.3 is 14.8 Å². The first-order valence-electron chi connectivity index (χ1n) is 8.77. The van der Waals surface area contributed by atoms with Crippen LogP contribution < -0.4 is 14.8 Å². The van der Waals surface area contributed by atoms with E-state index in [1.54, 1.807) is 91.1 Å². The number of nitrogens with one attached hydrogen (secondary N) is 1. The Bertz CT molecular complexity index is 1080. The van der Waals surface area contributed by atoms with E-state index >= 15 is 0 Å². The van der Waals surface area contributed by atoms with Gasteiger partial charge in [-0.15, -0.1) is 10.2 Å². The summed E-state index contributed by atoms with van der Waals surface area (Å²) in [6.07, 6.45) is 5.09. The van der Waals surface area contributed by atoms with Gasteiger partial charge in [0.1, 0.15) is 17.8 Å². The molecule has 29 heavy (non-hydrogen) atoms. The highest BCUT2D eigenvalue weighted by Gasteiger charge is 2.07. The molecule has 8 heteroatoms. The zero-order valence-electron chi connectivity index (χ0n) is 15.5. The van der Waals surface area contributed by atoms with Crippen molar-refractivity contribution in [3.63, 3.8) is 0 Å². The summed E-state index contributed by atoms with van der Waals surface area (Å²) in [6.45, 7) is 0. The number of carbonyl (C=O) groups is 1. The number of hydrogen-bond acceptors (Lipinski definition) is 6. The zero-order chi connectivity index (χ0) is 20.1. The summed E-state index contributed by atoms with van der Waals surface area (Å²) in [5, 5.41) is 11.0. The second-order valence-corrected chi connectivity index (χ2v) is 6.01. The molecule has 2 heterocycles. The van der Waals surface area contributed by atoms with Gasteiger partial charge in [0.05, 0.1) is 7.11 Å². The van der Waals surface area contributed by atoms with E-state index in [2.05, 4.69) is 20.5 Å². The predicted molar refractivity (Wildman–Crippen MR) is 107 cm³/mol. The lowest BCUT2D eigenvalue weighted by molar-refractivity contribution is 0.102. The zero-order valence-corrected chi connectivity index (χ0v) is 15.5. The Morgan fingerprint density at radius 3 is 2.31 bits per heavy atom. The third-order valence-electron chi connectivity index (χ3n) is 4.08. The average molecular weight is 387 g/mol. The van der Waals surface area contributed by atoms with E-state index in [4.69, 9.17) is 9.47 Å². The van der Waals surface area contributed by atoms with Crippen molar-refractivity contribution in [1.82, 2.24) is 19.7 Å². The van der Waals surface area contributed by atoms with Gasteiger partial charge in [0.25, 0.3) is 5.91 Å². The lowest BCUT2D eigenvalue weighted by atomic mass is 10.2. The quantitative estimate of drug-likeness (QED) is 0.542. The van der Waals surface area contributed by atoms with Gasteiger partial charge in [-0.25, -0.2) is 4.98 Å². The molecule has 0 unspecified atom stereocenters. The summed E-state index contributed by atoms with van der Waals surface area (Å²) in [4.78, 5) is 16.3. The second-order valence-electron chi connectivity index (χ2n) is 6.01. The van der Waals surface area contributed by atoms with Crippen LogP contribution in [0.4, 0.5) is 5.69 Å². The first-order valence-corrected chi connectivity index (χ1v) is 8.77. The first-order chi connectivity index (χ1) is 14.2. The minimum atomic E-state index is -0.206. The molecule has 0 aliphatic heterocycles. The number of aromatic nitrogens is 4. The van der Waals surface area contributed by atoms with Gasteiger partial charge in [0, 0.05) is 29.7 Å². The van der Waals surface area contributed by atoms with E-state index in [9.17, 15) is 4.79 Å². The molecular formula is C21H17N5O3. The number of rotatable bonds is 6. The average Bonchev–Trinajstić information content (AvgIpc) is 3.31. The highest BCUT2D eigenvalue weighted by molar-refractivity contribution is 6.04. The second kappa shape index (κ2) is 8.22. The van der Waals surface area contributed by atoms with Gasteiger partial charge in [0.2, 0.25) is 5.88 Å². The Kier molecular flexibility index (Phi) is 5.15. The number of nitrogens with zero attached hydrogens (tertiary/aromatic N) is 4. The fraction of sp³-hybridized carbons (Fsp3) is 0.0476. The SMILES string of the molecule is COc1ccc(C(=O)Nc2ccc(Oc3ccc(-n4ccnc4)nn3)cc2)cc1. The summed E-state index contributed by atoms with van der Waals surface area (Å²) in [5.74, 6) is 2.08. The number of hydrogen-bond donors (Lipinski definition) is 1. The van der Waals surface area contributed by atoms with Crippen LogP contribution in [0.5, 0.6) is 17.4 Å². The van der Waals surface area contributed by atoms with Gasteiger partial charge in [-0.1, -0.05) is 0 Å². The number of ether oxygens (including phenoxy) is 2. The van der Waals surface area contributed by atoms with Crippen LogP contribution in [-0.2, 0) is 0 Å². The molecule has 0 atom stereocenters. The smallest absolute Gasteiger partial charge is 0.255 e. The van der Waals surface area contributed by atoms with Crippen LogP contribution >= 0.6 is 0 Å². The number of carbonyl (C=O) groups excluding carboxylic acids is 1. The van der Waals surface area contributed by atoms with Crippen LogP contribution in [0.1, 0.15) is 10.4 Å². The number of imidazole rings is 1. The van der Waals surface area contributed by atoms with Gasteiger partial charge in [-0.2, -0.15) is 0 Å². The topological polar surface area (TPSA) is 91.2 Å². The minimum Gasteiger partial charge on any atom is -0.497 e. The molecule has 144 valence electrons. The standard InChI is InChI=1S/C21H17N5O3/c1-28-17-6-2-15(3-7-17)21(27)23-16-4-8-18(9-5-16)29-20-11-10-19(24-25-20)26-13-12-22-14-26/h2-14H,1H3,(H,23,27). The Hall–Kier alpha value is -4.20. The largest absolute Gasteiger partial charge is 0.497 e. The molecule has 8 nitrogen and oxygen atoms in total. The lowest BCUT2D eigenvalue weighted by Crippen LogP contribution is -2.11. The predicted octanol–water partition coefficient (Wildman–Crippen LogP) is 3.72. The van der Waals surface area contributed by atoms with Crippen LogP contribution in [0.15, 0.2) is 79.4 Å². The molecule has 2 aromatic carbocycles. The molecule has 4 rings (SSSR count). The molecule has 0 spiro atoms. The summed E-state index contributed by atoms with van der Waals surface area (Å²) in [6, 6.07) is 17.4. The number of anilines is 1. The molecule has 0 aliphatic carbocycles. The van der Waals surface area contributed by atoms with Crippen LogP contribution in [0, 0.1) is 0 Å². The van der Waals surface area contributed by atoms with E-state index in [0.29, 0.717) is 34.4 Å². The maximum Gasteiger partial charge on any atom is 0.255 e. The van der Waals surface area contributed by atoms with Crippen molar-refractivity contribution in [3.8, 4) is 23.2 Å². The minimum absolute atomic E-state index is 0.206. The Morgan fingerprint density at radius 2 is 1.69 bits per heavy atom. The van der Waals surface area contributed by atoms with Crippen LogP contribution in [0.3, 0.4) is 0 Å². The third kappa shape index (κ3) is 4.38. The van der Waals surface area contributed by atoms with Crippen molar-refractivity contribution in [2.45, 2.75) is 0 Å². The molecule has 0 aliphatic rings. The Balaban J connectivity index is 1.38. The number of amides is 1. The highest BCUT2D eigenvalue weighted by atomic mass is 16.5. The van der Waals surface area contributed by atoms with Crippen molar-refractivity contribution in [2.75, 3.05) is 12.4 Å². The van der Waals surface area contributed by atoms with E-state index in [1.807, 2.05) is 0 Å². The summed E-state index contributed by atoms with van der Waals surface area (Å²) in [7, 11) is 1.58. The first kappa shape index (κ1) is 18.2. The van der Waals surface area contributed by atoms with Crippen molar-refractivity contribution >= 4 is 11.6 Å². The maximum atomic E-state index is 12.3. The van der Waals surface area contributed by atoms with E-state index in [-0.39, 0.29) is 5.91 Å². The van der Waals surface area contributed by atoms with Gasteiger partial charge in [-0.05, 0) is 54.6 Å². The molecule has 0 bridgehead atoms. The number of benzene rings is 2. The highest BCUT2D eigenvalue weighted by Crippen LogP contribution is 2.22. The van der Waals surface area contributed by atoms with E-state index in [0.717, 1.165) is 0 Å². The molecule has 1 amide bonds. The molecular weight excluding hydrogens is 370 g/mol. The molecule has 0 radical (unpaired) electrons.